The summed E-state index contributed by atoms with van der Waals surface area (Å²) in [7, 11) is -2.78. The maximum Gasteiger partial charge on any atom is 0.231 e. The molecule has 1 unspecified atom stereocenters. The van der Waals surface area contributed by atoms with E-state index < -0.39 is 16.1 Å². The third-order valence-electron chi connectivity index (χ3n) is 5.14. The summed E-state index contributed by atoms with van der Waals surface area (Å²) in [5.74, 6) is 1.73. The van der Waals surface area contributed by atoms with Crippen LogP contribution in [0.25, 0.3) is 0 Å². The Morgan fingerprint density at radius 2 is 1.64 bits per heavy atom. The van der Waals surface area contributed by atoms with Gasteiger partial charge in [-0.3, -0.25) is 0 Å². The van der Waals surface area contributed by atoms with Gasteiger partial charge in [0.05, 0.1) is 29.4 Å². The number of ether oxygens (including phenoxy) is 4. The molecule has 8 heteroatoms. The van der Waals surface area contributed by atoms with Crippen LogP contribution in [0.15, 0.2) is 12.1 Å². The average Bonchev–Trinajstić information content (AvgIpc) is 3.21. The van der Waals surface area contributed by atoms with E-state index in [4.69, 9.17) is 18.9 Å². The van der Waals surface area contributed by atoms with E-state index in [2.05, 4.69) is 78.9 Å². The van der Waals surface area contributed by atoms with E-state index in [0.29, 0.717) is 12.5 Å². The standard InChI is InChI=1S/C20H34INO4Si2/c1-27(2,3)13-22(19(28(4,5)6)11-20-23-7-8-24-20)12-15-9-17-18(10-16(15)21)26-14-25-17/h9-10,19-20H,7-8,11-14H2,1-6H3. The van der Waals surface area contributed by atoms with Crippen LogP contribution in [0.5, 0.6) is 11.5 Å². The second-order valence-electron chi connectivity index (χ2n) is 10.1. The highest BCUT2D eigenvalue weighted by Crippen LogP contribution is 2.36. The van der Waals surface area contributed by atoms with Gasteiger partial charge in [0.2, 0.25) is 6.79 Å². The molecule has 2 aliphatic heterocycles. The lowest BCUT2D eigenvalue weighted by Crippen LogP contribution is -2.56. The van der Waals surface area contributed by atoms with Crippen LogP contribution >= 0.6 is 22.6 Å². The van der Waals surface area contributed by atoms with Crippen molar-refractivity contribution in [3.8, 4) is 11.5 Å². The van der Waals surface area contributed by atoms with Crippen molar-refractivity contribution in [1.29, 1.82) is 0 Å². The minimum Gasteiger partial charge on any atom is -0.454 e. The van der Waals surface area contributed by atoms with E-state index in [1.165, 1.54) is 15.3 Å². The number of hydrogen-bond donors (Lipinski definition) is 0. The van der Waals surface area contributed by atoms with Crippen LogP contribution in [-0.2, 0) is 16.0 Å². The maximum atomic E-state index is 5.84. The number of hydrogen-bond acceptors (Lipinski definition) is 5. The van der Waals surface area contributed by atoms with Gasteiger partial charge in [-0.05, 0) is 46.5 Å². The van der Waals surface area contributed by atoms with Crippen molar-refractivity contribution in [2.24, 2.45) is 0 Å². The largest absolute Gasteiger partial charge is 0.454 e. The molecule has 158 valence electrons. The van der Waals surface area contributed by atoms with Crippen LogP contribution in [0.3, 0.4) is 0 Å². The van der Waals surface area contributed by atoms with Gasteiger partial charge in [0.15, 0.2) is 17.8 Å². The van der Waals surface area contributed by atoms with Gasteiger partial charge in [-0.15, -0.1) is 0 Å². The summed E-state index contributed by atoms with van der Waals surface area (Å²) in [6.45, 7) is 17.4. The highest BCUT2D eigenvalue weighted by Gasteiger charge is 2.37. The summed E-state index contributed by atoms with van der Waals surface area (Å²) < 4.78 is 24.1. The molecule has 28 heavy (non-hydrogen) atoms. The molecule has 1 aromatic carbocycles. The van der Waals surface area contributed by atoms with Gasteiger partial charge in [0.25, 0.3) is 0 Å². The Morgan fingerprint density at radius 1 is 1.04 bits per heavy atom. The lowest BCUT2D eigenvalue weighted by molar-refractivity contribution is -0.0559. The molecule has 0 N–H and O–H groups in total. The summed E-state index contributed by atoms with van der Waals surface area (Å²) in [6.07, 6.45) is 2.07. The number of halogens is 1. The number of benzene rings is 1. The van der Waals surface area contributed by atoms with E-state index in [1.54, 1.807) is 0 Å². The second kappa shape index (κ2) is 8.93. The Hall–Kier alpha value is -0.136. The Kier molecular flexibility index (Phi) is 7.19. The molecule has 1 aromatic rings. The summed E-state index contributed by atoms with van der Waals surface area (Å²) in [4.78, 5) is 2.73. The Bertz CT molecular complexity index is 684. The van der Waals surface area contributed by atoms with E-state index in [0.717, 1.165) is 37.7 Å². The fourth-order valence-electron chi connectivity index (χ4n) is 3.96. The van der Waals surface area contributed by atoms with Gasteiger partial charge in [0, 0.05) is 22.2 Å². The van der Waals surface area contributed by atoms with Crippen molar-refractivity contribution in [2.75, 3.05) is 26.2 Å². The molecule has 3 rings (SSSR count). The zero-order valence-electron chi connectivity index (χ0n) is 18.0. The summed E-state index contributed by atoms with van der Waals surface area (Å²) in [6, 6.07) is 4.28. The van der Waals surface area contributed by atoms with Gasteiger partial charge in [-0.2, -0.15) is 0 Å². The first-order chi connectivity index (χ1) is 13.0. The summed E-state index contributed by atoms with van der Waals surface area (Å²) >= 11 is 2.43. The molecule has 0 spiro atoms. The van der Waals surface area contributed by atoms with Gasteiger partial charge in [0.1, 0.15) is 0 Å². The SMILES string of the molecule is C[Si](C)(C)CN(Cc1cc2c(cc1I)OCO2)C(CC1OCCO1)[Si](C)(C)C. The minimum atomic E-state index is -1.48. The predicted molar refractivity (Wildman–Crippen MR) is 126 cm³/mol. The van der Waals surface area contributed by atoms with Crippen LogP contribution < -0.4 is 9.47 Å². The fourth-order valence-corrected chi connectivity index (χ4v) is 8.48. The third-order valence-corrected chi connectivity index (χ3v) is 10.1. The lowest BCUT2D eigenvalue weighted by Gasteiger charge is -2.42. The van der Waals surface area contributed by atoms with Crippen molar-refractivity contribution in [3.05, 3.63) is 21.3 Å². The Balaban J connectivity index is 1.88. The molecule has 1 fully saturated rings. The Morgan fingerprint density at radius 3 is 2.21 bits per heavy atom. The first kappa shape index (κ1) is 22.5. The van der Waals surface area contributed by atoms with Crippen molar-refractivity contribution < 1.29 is 18.9 Å². The number of nitrogens with zero attached hydrogens (tertiary/aromatic N) is 1. The summed E-state index contributed by atoms with van der Waals surface area (Å²) in [5, 5.41) is 0. The van der Waals surface area contributed by atoms with E-state index in [9.17, 15) is 0 Å². The van der Waals surface area contributed by atoms with Crippen molar-refractivity contribution in [1.82, 2.24) is 4.90 Å². The lowest BCUT2D eigenvalue weighted by atomic mass is 10.2. The van der Waals surface area contributed by atoms with Crippen LogP contribution in [0.2, 0.25) is 39.3 Å². The Labute approximate surface area is 185 Å². The van der Waals surface area contributed by atoms with Gasteiger partial charge in [-0.25, -0.2) is 0 Å². The molecular weight excluding hydrogens is 501 g/mol. The molecule has 0 saturated carbocycles. The maximum absolute atomic E-state index is 5.84. The summed E-state index contributed by atoms with van der Waals surface area (Å²) in [5.41, 5.74) is 1.82. The molecule has 0 bridgehead atoms. The van der Waals surface area contributed by atoms with Gasteiger partial charge < -0.3 is 23.8 Å². The predicted octanol–water partition coefficient (Wildman–Crippen LogP) is 4.71. The monoisotopic (exact) mass is 535 g/mol. The van der Waals surface area contributed by atoms with Crippen molar-refractivity contribution in [2.45, 2.75) is 64.2 Å². The van der Waals surface area contributed by atoms with E-state index in [-0.39, 0.29) is 6.29 Å². The minimum absolute atomic E-state index is 0.0586. The smallest absolute Gasteiger partial charge is 0.231 e. The first-order valence-corrected chi connectivity index (χ1v) is 18.4. The molecule has 0 aromatic heterocycles. The molecule has 0 radical (unpaired) electrons. The van der Waals surface area contributed by atoms with Crippen LogP contribution in [0.4, 0.5) is 0 Å². The highest BCUT2D eigenvalue weighted by atomic mass is 127. The molecule has 0 amide bonds. The molecule has 0 aliphatic carbocycles. The molecule has 5 nitrogen and oxygen atoms in total. The molecular formula is C20H34INO4Si2. The average molecular weight is 536 g/mol. The topological polar surface area (TPSA) is 40.2 Å². The molecule has 2 heterocycles. The van der Waals surface area contributed by atoms with Crippen LogP contribution in [0.1, 0.15) is 12.0 Å². The highest BCUT2D eigenvalue weighted by molar-refractivity contribution is 14.1. The van der Waals surface area contributed by atoms with Crippen LogP contribution in [-0.4, -0.2) is 59.2 Å². The zero-order valence-corrected chi connectivity index (χ0v) is 22.2. The first-order valence-electron chi connectivity index (χ1n) is 10.1. The quantitative estimate of drug-likeness (QED) is 0.356. The normalized spacial score (nSPS) is 18.9. The van der Waals surface area contributed by atoms with E-state index in [1.807, 2.05) is 0 Å². The van der Waals surface area contributed by atoms with Crippen molar-refractivity contribution >= 4 is 38.7 Å². The van der Waals surface area contributed by atoms with Crippen molar-refractivity contribution in [3.63, 3.8) is 0 Å². The third kappa shape index (κ3) is 5.94. The molecule has 2 aliphatic rings. The zero-order chi connectivity index (χ0) is 20.5. The second-order valence-corrected chi connectivity index (χ2v) is 22.0. The number of fused-ring (bicyclic) bond motifs is 1. The van der Waals surface area contributed by atoms with Gasteiger partial charge in [-0.1, -0.05) is 39.3 Å². The van der Waals surface area contributed by atoms with Crippen LogP contribution in [0, 0.1) is 3.57 Å². The molecule has 1 saturated heterocycles. The van der Waals surface area contributed by atoms with Gasteiger partial charge >= 0.3 is 0 Å². The molecule has 1 atom stereocenters. The number of rotatable bonds is 8. The fraction of sp³-hybridized carbons (Fsp3) is 0.700. The van der Waals surface area contributed by atoms with E-state index >= 15 is 0 Å².